The van der Waals surface area contributed by atoms with Gasteiger partial charge in [0.05, 0.1) is 24.9 Å². The fourth-order valence-corrected chi connectivity index (χ4v) is 3.27. The van der Waals surface area contributed by atoms with Crippen molar-refractivity contribution in [2.75, 3.05) is 13.7 Å². The van der Waals surface area contributed by atoms with Crippen molar-refractivity contribution in [1.82, 2.24) is 10.1 Å². The smallest absolute Gasteiger partial charge is 0.161 e. The van der Waals surface area contributed by atoms with Crippen LogP contribution in [-0.2, 0) is 6.54 Å². The monoisotopic (exact) mass is 330 g/mol. The van der Waals surface area contributed by atoms with Gasteiger partial charge in [-0.2, -0.15) is 0 Å². The second kappa shape index (κ2) is 7.26. The highest BCUT2D eigenvalue weighted by atomic mass is 16.5. The number of benzene rings is 1. The highest BCUT2D eigenvalue weighted by Gasteiger charge is 2.29. The second-order valence-corrected chi connectivity index (χ2v) is 6.65. The first-order chi connectivity index (χ1) is 11.6. The summed E-state index contributed by atoms with van der Waals surface area (Å²) >= 11 is 0. The zero-order valence-electron chi connectivity index (χ0n) is 14.9. The molecular formula is C19H26N2O3. The minimum absolute atomic E-state index is 0.127. The van der Waals surface area contributed by atoms with Gasteiger partial charge in [-0.15, -0.1) is 0 Å². The van der Waals surface area contributed by atoms with Gasteiger partial charge in [0.1, 0.15) is 0 Å². The summed E-state index contributed by atoms with van der Waals surface area (Å²) in [5.41, 5.74) is 2.15. The van der Waals surface area contributed by atoms with E-state index in [1.54, 1.807) is 7.11 Å². The van der Waals surface area contributed by atoms with Gasteiger partial charge in [-0.25, -0.2) is 0 Å². The maximum Gasteiger partial charge on any atom is 0.161 e. The maximum absolute atomic E-state index is 5.79. The predicted octanol–water partition coefficient (Wildman–Crippen LogP) is 4.12. The molecule has 1 aliphatic rings. The predicted molar refractivity (Wildman–Crippen MR) is 92.4 cm³/mol. The first kappa shape index (κ1) is 16.8. The highest BCUT2D eigenvalue weighted by molar-refractivity contribution is 5.43. The van der Waals surface area contributed by atoms with Gasteiger partial charge in [0.2, 0.25) is 0 Å². The Labute approximate surface area is 143 Å². The Hall–Kier alpha value is -2.01. The van der Waals surface area contributed by atoms with Crippen LogP contribution in [0.1, 0.15) is 49.7 Å². The molecule has 1 unspecified atom stereocenters. The van der Waals surface area contributed by atoms with E-state index in [4.69, 9.17) is 14.0 Å². The number of hydrogen-bond donors (Lipinski definition) is 0. The fourth-order valence-electron chi connectivity index (χ4n) is 3.27. The zero-order valence-corrected chi connectivity index (χ0v) is 14.9. The van der Waals surface area contributed by atoms with E-state index in [0.29, 0.717) is 6.04 Å². The molecule has 1 aromatic carbocycles. The zero-order chi connectivity index (χ0) is 17.1. The van der Waals surface area contributed by atoms with Crippen molar-refractivity contribution in [2.45, 2.75) is 52.3 Å². The molecule has 1 aromatic heterocycles. The lowest BCUT2D eigenvalue weighted by molar-refractivity contribution is 0.205. The molecule has 2 aromatic rings. The van der Waals surface area contributed by atoms with E-state index in [0.717, 1.165) is 42.5 Å². The van der Waals surface area contributed by atoms with Crippen molar-refractivity contribution < 1.29 is 14.0 Å². The Kier molecular flexibility index (Phi) is 5.09. The van der Waals surface area contributed by atoms with E-state index in [1.165, 1.54) is 12.0 Å². The van der Waals surface area contributed by atoms with Crippen LogP contribution in [0.25, 0.3) is 0 Å². The first-order valence-electron chi connectivity index (χ1n) is 8.57. The number of rotatable bonds is 6. The van der Waals surface area contributed by atoms with Crippen molar-refractivity contribution in [3.05, 3.63) is 41.3 Å². The summed E-state index contributed by atoms with van der Waals surface area (Å²) in [6.45, 7) is 7.92. The first-order valence-corrected chi connectivity index (χ1v) is 8.57. The van der Waals surface area contributed by atoms with E-state index in [2.05, 4.69) is 22.2 Å². The molecule has 1 atom stereocenters. The average Bonchev–Trinajstić information content (AvgIpc) is 3.17. The molecule has 24 heavy (non-hydrogen) atoms. The SMILES string of the molecule is COc1cc(CN2CCCC2c2cc(C)no2)ccc1OC(C)C. The van der Waals surface area contributed by atoms with Crippen LogP contribution in [0.3, 0.4) is 0 Å². The molecule has 2 heterocycles. The lowest BCUT2D eigenvalue weighted by atomic mass is 10.1. The number of methoxy groups -OCH3 is 1. The molecular weight excluding hydrogens is 304 g/mol. The quantitative estimate of drug-likeness (QED) is 0.797. The summed E-state index contributed by atoms with van der Waals surface area (Å²) in [4.78, 5) is 2.44. The topological polar surface area (TPSA) is 47.7 Å². The van der Waals surface area contributed by atoms with Gasteiger partial charge in [-0.1, -0.05) is 11.2 Å². The van der Waals surface area contributed by atoms with Crippen LogP contribution in [-0.4, -0.2) is 29.8 Å². The minimum atomic E-state index is 0.127. The fraction of sp³-hybridized carbons (Fsp3) is 0.526. The third-order valence-electron chi connectivity index (χ3n) is 4.31. The molecule has 0 aliphatic carbocycles. The van der Waals surface area contributed by atoms with Crippen molar-refractivity contribution in [3.63, 3.8) is 0 Å². The summed E-state index contributed by atoms with van der Waals surface area (Å²) in [7, 11) is 1.68. The van der Waals surface area contributed by atoms with E-state index in [-0.39, 0.29) is 6.10 Å². The average molecular weight is 330 g/mol. The van der Waals surface area contributed by atoms with Crippen LogP contribution < -0.4 is 9.47 Å². The van der Waals surface area contributed by atoms with Gasteiger partial charge in [0.15, 0.2) is 17.3 Å². The van der Waals surface area contributed by atoms with Gasteiger partial charge < -0.3 is 14.0 Å². The molecule has 0 spiro atoms. The van der Waals surface area contributed by atoms with Crippen LogP contribution in [0, 0.1) is 6.92 Å². The van der Waals surface area contributed by atoms with E-state index in [1.807, 2.05) is 32.9 Å². The number of hydrogen-bond acceptors (Lipinski definition) is 5. The third-order valence-corrected chi connectivity index (χ3v) is 4.31. The van der Waals surface area contributed by atoms with E-state index < -0.39 is 0 Å². The Morgan fingerprint density at radius 3 is 2.79 bits per heavy atom. The number of ether oxygens (including phenoxy) is 2. The highest BCUT2D eigenvalue weighted by Crippen LogP contribution is 2.35. The van der Waals surface area contributed by atoms with Crippen LogP contribution >= 0.6 is 0 Å². The molecule has 1 fully saturated rings. The Bertz CT molecular complexity index is 681. The molecule has 1 aliphatic heterocycles. The molecule has 1 saturated heterocycles. The van der Waals surface area contributed by atoms with Gasteiger partial charge in [-0.3, -0.25) is 4.90 Å². The molecule has 130 valence electrons. The van der Waals surface area contributed by atoms with Gasteiger partial charge >= 0.3 is 0 Å². The van der Waals surface area contributed by atoms with Crippen LogP contribution in [0.5, 0.6) is 11.5 Å². The molecule has 0 radical (unpaired) electrons. The van der Waals surface area contributed by atoms with Gasteiger partial charge in [0.25, 0.3) is 0 Å². The summed E-state index contributed by atoms with van der Waals surface area (Å²) in [5, 5.41) is 4.03. The van der Waals surface area contributed by atoms with Gasteiger partial charge in [0, 0.05) is 12.6 Å². The van der Waals surface area contributed by atoms with Crippen molar-refractivity contribution in [3.8, 4) is 11.5 Å². The Balaban J connectivity index is 1.75. The summed E-state index contributed by atoms with van der Waals surface area (Å²) in [6.07, 6.45) is 2.42. The summed E-state index contributed by atoms with van der Waals surface area (Å²) < 4.78 is 16.8. The Morgan fingerprint density at radius 1 is 1.29 bits per heavy atom. The molecule has 5 heteroatoms. The normalized spacial score (nSPS) is 18.3. The lowest BCUT2D eigenvalue weighted by Gasteiger charge is -2.23. The molecule has 5 nitrogen and oxygen atoms in total. The van der Waals surface area contributed by atoms with Crippen LogP contribution in [0.4, 0.5) is 0 Å². The minimum Gasteiger partial charge on any atom is -0.493 e. The lowest BCUT2D eigenvalue weighted by Crippen LogP contribution is -2.22. The summed E-state index contributed by atoms with van der Waals surface area (Å²) in [5.74, 6) is 2.55. The number of aryl methyl sites for hydroxylation is 1. The van der Waals surface area contributed by atoms with Crippen LogP contribution in [0.15, 0.2) is 28.8 Å². The van der Waals surface area contributed by atoms with Crippen molar-refractivity contribution in [1.29, 1.82) is 0 Å². The van der Waals surface area contributed by atoms with E-state index in [9.17, 15) is 0 Å². The number of aromatic nitrogens is 1. The third kappa shape index (κ3) is 3.73. The molecule has 0 N–H and O–H groups in total. The standard InChI is InChI=1S/C19H26N2O3/c1-13(2)23-17-8-7-15(11-19(17)22-4)12-21-9-5-6-16(21)18-10-14(3)20-24-18/h7-8,10-11,13,16H,5-6,9,12H2,1-4H3. The van der Waals surface area contributed by atoms with E-state index >= 15 is 0 Å². The molecule has 0 amide bonds. The molecule has 0 saturated carbocycles. The maximum atomic E-state index is 5.79. The van der Waals surface area contributed by atoms with Crippen molar-refractivity contribution in [2.24, 2.45) is 0 Å². The van der Waals surface area contributed by atoms with Gasteiger partial charge in [-0.05, 0) is 57.9 Å². The van der Waals surface area contributed by atoms with Crippen molar-refractivity contribution >= 4 is 0 Å². The second-order valence-electron chi connectivity index (χ2n) is 6.65. The molecule has 3 rings (SSSR count). The largest absolute Gasteiger partial charge is 0.493 e. The Morgan fingerprint density at radius 2 is 2.12 bits per heavy atom. The number of likely N-dealkylation sites (tertiary alicyclic amines) is 1. The number of nitrogens with zero attached hydrogens (tertiary/aromatic N) is 2. The molecule has 0 bridgehead atoms. The van der Waals surface area contributed by atoms with Crippen LogP contribution in [0.2, 0.25) is 0 Å². The summed E-state index contributed by atoms with van der Waals surface area (Å²) in [6, 6.07) is 8.53.